The van der Waals surface area contributed by atoms with E-state index in [0.29, 0.717) is 18.1 Å². The van der Waals surface area contributed by atoms with Crippen LogP contribution in [0.5, 0.6) is 5.75 Å². The highest BCUT2D eigenvalue weighted by Crippen LogP contribution is 2.21. The topological polar surface area (TPSA) is 55.6 Å². The van der Waals surface area contributed by atoms with Gasteiger partial charge in [-0.2, -0.15) is 0 Å². The number of carbonyl (C=O) groups excluding carboxylic acids is 1. The first-order chi connectivity index (χ1) is 12.1. The Hall–Kier alpha value is -2.04. The first-order valence-corrected chi connectivity index (χ1v) is 8.95. The monoisotopic (exact) mass is 374 g/mol. The summed E-state index contributed by atoms with van der Waals surface area (Å²) >= 11 is 0. The van der Waals surface area contributed by atoms with Crippen molar-refractivity contribution in [1.29, 1.82) is 0 Å². The summed E-state index contributed by atoms with van der Waals surface area (Å²) in [4.78, 5) is 14.6. The number of ether oxygens (including phenoxy) is 1. The fourth-order valence-electron chi connectivity index (χ4n) is 3.24. The molecule has 1 saturated heterocycles. The Kier molecular flexibility index (Phi) is 7.49. The molecule has 2 unspecified atom stereocenters. The molecule has 5 heteroatoms. The van der Waals surface area contributed by atoms with Crippen molar-refractivity contribution in [1.82, 2.24) is 4.90 Å². The molecule has 1 heterocycles. The number of nitrogens with zero attached hydrogens (tertiary/aromatic N) is 1. The highest BCUT2D eigenvalue weighted by Gasteiger charge is 2.26. The number of likely N-dealkylation sites (tertiary alicyclic amines) is 1. The fourth-order valence-corrected chi connectivity index (χ4v) is 3.24. The highest BCUT2D eigenvalue weighted by molar-refractivity contribution is 5.94. The van der Waals surface area contributed by atoms with Gasteiger partial charge in [0.25, 0.3) is 5.91 Å². The molecule has 1 aliphatic heterocycles. The van der Waals surface area contributed by atoms with Crippen molar-refractivity contribution in [3.05, 3.63) is 65.7 Å². The minimum atomic E-state index is 0. The van der Waals surface area contributed by atoms with Crippen LogP contribution in [0.15, 0.2) is 54.6 Å². The van der Waals surface area contributed by atoms with Gasteiger partial charge >= 0.3 is 0 Å². The lowest BCUT2D eigenvalue weighted by molar-refractivity contribution is 0.0661. The maximum atomic E-state index is 12.7. The number of hydrogen-bond donors (Lipinski definition) is 1. The Balaban J connectivity index is 0.00000243. The Morgan fingerprint density at radius 3 is 2.54 bits per heavy atom. The third kappa shape index (κ3) is 5.23. The molecule has 0 aromatic heterocycles. The second-order valence-electron chi connectivity index (χ2n) is 6.81. The maximum Gasteiger partial charge on any atom is 0.253 e. The van der Waals surface area contributed by atoms with E-state index in [9.17, 15) is 4.79 Å². The maximum absolute atomic E-state index is 12.7. The van der Waals surface area contributed by atoms with Gasteiger partial charge in [-0.15, -0.1) is 12.4 Å². The van der Waals surface area contributed by atoms with Crippen molar-refractivity contribution in [2.75, 3.05) is 13.1 Å². The van der Waals surface area contributed by atoms with Gasteiger partial charge in [0, 0.05) is 24.7 Å². The van der Waals surface area contributed by atoms with Crippen LogP contribution in [-0.2, 0) is 6.61 Å². The van der Waals surface area contributed by atoms with Gasteiger partial charge in [-0.25, -0.2) is 0 Å². The Morgan fingerprint density at radius 1 is 1.19 bits per heavy atom. The Labute approximate surface area is 161 Å². The van der Waals surface area contributed by atoms with E-state index in [-0.39, 0.29) is 24.4 Å². The lowest BCUT2D eigenvalue weighted by Crippen LogP contribution is -2.45. The van der Waals surface area contributed by atoms with E-state index in [1.807, 2.05) is 66.4 Å². The molecule has 3 rings (SSSR count). The van der Waals surface area contributed by atoms with Crippen LogP contribution in [0.3, 0.4) is 0 Å². The molecule has 0 saturated carbocycles. The van der Waals surface area contributed by atoms with Crippen molar-refractivity contribution in [2.24, 2.45) is 11.7 Å². The molecular formula is C21H27ClN2O2. The van der Waals surface area contributed by atoms with E-state index in [1.54, 1.807) is 0 Å². The minimum absolute atomic E-state index is 0. The Morgan fingerprint density at radius 2 is 1.88 bits per heavy atom. The average Bonchev–Trinajstić information content (AvgIpc) is 2.67. The van der Waals surface area contributed by atoms with Crippen molar-refractivity contribution < 1.29 is 9.53 Å². The number of rotatable bonds is 5. The van der Waals surface area contributed by atoms with E-state index < -0.39 is 0 Å². The molecule has 2 aromatic carbocycles. The number of amides is 1. The first-order valence-electron chi connectivity index (χ1n) is 8.95. The summed E-state index contributed by atoms with van der Waals surface area (Å²) in [6.07, 6.45) is 2.13. The molecule has 2 atom stereocenters. The van der Waals surface area contributed by atoms with Gasteiger partial charge in [0.1, 0.15) is 12.4 Å². The van der Waals surface area contributed by atoms with E-state index in [2.05, 4.69) is 0 Å². The van der Waals surface area contributed by atoms with Crippen LogP contribution in [-0.4, -0.2) is 29.9 Å². The molecule has 26 heavy (non-hydrogen) atoms. The van der Waals surface area contributed by atoms with Crippen LogP contribution in [0, 0.1) is 5.92 Å². The SMILES string of the molecule is CC(N)C1CCCN(C(=O)c2ccc(OCc3ccccc3)cc2)C1.Cl. The molecule has 2 aromatic rings. The van der Waals surface area contributed by atoms with Gasteiger partial charge in [0.15, 0.2) is 0 Å². The van der Waals surface area contributed by atoms with Crippen LogP contribution in [0.1, 0.15) is 35.7 Å². The molecule has 140 valence electrons. The number of piperidine rings is 1. The van der Waals surface area contributed by atoms with E-state index in [0.717, 1.165) is 37.2 Å². The fraction of sp³-hybridized carbons (Fsp3) is 0.381. The van der Waals surface area contributed by atoms with Crippen molar-refractivity contribution in [2.45, 2.75) is 32.4 Å². The van der Waals surface area contributed by atoms with Crippen LogP contribution < -0.4 is 10.5 Å². The molecule has 0 spiro atoms. The van der Waals surface area contributed by atoms with Crippen molar-refractivity contribution >= 4 is 18.3 Å². The third-order valence-corrected chi connectivity index (χ3v) is 4.84. The first kappa shape index (κ1) is 20.3. The summed E-state index contributed by atoms with van der Waals surface area (Å²) in [5.41, 5.74) is 7.84. The molecule has 0 bridgehead atoms. The van der Waals surface area contributed by atoms with Gasteiger partial charge < -0.3 is 15.4 Å². The van der Waals surface area contributed by atoms with E-state index >= 15 is 0 Å². The molecular weight excluding hydrogens is 348 g/mol. The quantitative estimate of drug-likeness (QED) is 0.863. The van der Waals surface area contributed by atoms with Gasteiger partial charge in [-0.1, -0.05) is 30.3 Å². The predicted octanol–water partition coefficient (Wildman–Crippen LogP) is 3.89. The van der Waals surface area contributed by atoms with Crippen LogP contribution in [0.4, 0.5) is 0 Å². The number of halogens is 1. The molecule has 2 N–H and O–H groups in total. The molecule has 0 aliphatic carbocycles. The lowest BCUT2D eigenvalue weighted by Gasteiger charge is -2.34. The standard InChI is InChI=1S/C21H26N2O2.ClH/c1-16(22)19-8-5-13-23(14-19)21(24)18-9-11-20(12-10-18)25-15-17-6-3-2-4-7-17;/h2-4,6-7,9-12,16,19H,5,8,13-15,22H2,1H3;1H. The average molecular weight is 375 g/mol. The largest absolute Gasteiger partial charge is 0.489 e. The van der Waals surface area contributed by atoms with Crippen LogP contribution >= 0.6 is 12.4 Å². The molecule has 1 fully saturated rings. The summed E-state index contributed by atoms with van der Waals surface area (Å²) in [5, 5.41) is 0. The summed E-state index contributed by atoms with van der Waals surface area (Å²) in [6.45, 7) is 4.12. The molecule has 4 nitrogen and oxygen atoms in total. The highest BCUT2D eigenvalue weighted by atomic mass is 35.5. The zero-order valence-electron chi connectivity index (χ0n) is 15.1. The zero-order chi connectivity index (χ0) is 17.6. The second-order valence-corrected chi connectivity index (χ2v) is 6.81. The summed E-state index contributed by atoms with van der Waals surface area (Å²) < 4.78 is 5.78. The summed E-state index contributed by atoms with van der Waals surface area (Å²) in [7, 11) is 0. The molecule has 0 radical (unpaired) electrons. The van der Waals surface area contributed by atoms with Crippen molar-refractivity contribution in [3.63, 3.8) is 0 Å². The lowest BCUT2D eigenvalue weighted by atomic mass is 9.92. The number of benzene rings is 2. The van der Waals surface area contributed by atoms with Gasteiger partial charge in [-0.3, -0.25) is 4.79 Å². The van der Waals surface area contributed by atoms with E-state index in [4.69, 9.17) is 10.5 Å². The zero-order valence-corrected chi connectivity index (χ0v) is 16.0. The van der Waals surface area contributed by atoms with Crippen LogP contribution in [0.2, 0.25) is 0 Å². The molecule has 1 amide bonds. The number of nitrogens with two attached hydrogens (primary N) is 1. The summed E-state index contributed by atoms with van der Waals surface area (Å²) in [6, 6.07) is 17.6. The third-order valence-electron chi connectivity index (χ3n) is 4.84. The minimum Gasteiger partial charge on any atom is -0.489 e. The van der Waals surface area contributed by atoms with Gasteiger partial charge in [0.05, 0.1) is 0 Å². The van der Waals surface area contributed by atoms with Crippen molar-refractivity contribution in [3.8, 4) is 5.75 Å². The van der Waals surface area contributed by atoms with Gasteiger partial charge in [-0.05, 0) is 55.5 Å². The predicted molar refractivity (Wildman–Crippen MR) is 107 cm³/mol. The smallest absolute Gasteiger partial charge is 0.253 e. The van der Waals surface area contributed by atoms with Crippen LogP contribution in [0.25, 0.3) is 0 Å². The van der Waals surface area contributed by atoms with Gasteiger partial charge in [0.2, 0.25) is 0 Å². The van der Waals surface area contributed by atoms with E-state index in [1.165, 1.54) is 0 Å². The number of hydrogen-bond acceptors (Lipinski definition) is 3. The Bertz CT molecular complexity index is 689. The number of carbonyl (C=O) groups is 1. The second kappa shape index (κ2) is 9.60. The molecule has 1 aliphatic rings. The normalized spacial score (nSPS) is 17.9. The summed E-state index contributed by atoms with van der Waals surface area (Å²) in [5.74, 6) is 1.25.